The molecule has 0 unspecified atom stereocenters. The Bertz CT molecular complexity index is 399. The van der Waals surface area contributed by atoms with Crippen LogP contribution >= 0.6 is 0 Å². The molecule has 1 heterocycles. The number of anilines is 1. The van der Waals surface area contributed by atoms with Gasteiger partial charge < -0.3 is 10.1 Å². The summed E-state index contributed by atoms with van der Waals surface area (Å²) in [4.78, 5) is 0. The molecule has 1 N–H and O–H groups in total. The Morgan fingerprint density at radius 1 is 1.33 bits per heavy atom. The second-order valence-electron chi connectivity index (χ2n) is 4.61. The molecule has 1 aromatic rings. The number of nitrogens with one attached hydrogen (secondary N) is 1. The lowest BCUT2D eigenvalue weighted by Gasteiger charge is -2.24. The van der Waals surface area contributed by atoms with E-state index in [1.165, 1.54) is 0 Å². The molecule has 100 valence electrons. The molecule has 3 nitrogen and oxygen atoms in total. The Hall–Kier alpha value is -1.03. The van der Waals surface area contributed by atoms with Crippen LogP contribution in [0.5, 0.6) is 5.75 Å². The van der Waals surface area contributed by atoms with Crippen LogP contribution in [0.2, 0.25) is 0 Å². The molecular weight excluding hydrogens is 246 g/mol. The average molecular weight is 267 g/mol. The lowest BCUT2D eigenvalue weighted by Crippen LogP contribution is -2.29. The van der Waals surface area contributed by atoms with Gasteiger partial charge in [0.05, 0.1) is 12.3 Å². The molecule has 1 aromatic carbocycles. The van der Waals surface area contributed by atoms with Gasteiger partial charge in [0.2, 0.25) is 0 Å². The Morgan fingerprint density at radius 2 is 2.06 bits per heavy atom. The van der Waals surface area contributed by atoms with E-state index in [0.29, 0.717) is 6.04 Å². The summed E-state index contributed by atoms with van der Waals surface area (Å²) in [6, 6.07) is 8.48. The van der Waals surface area contributed by atoms with Crippen molar-refractivity contribution >= 4 is 16.5 Å². The SMILES string of the molecule is CCCOc1ccccc1NC1CCS(=O)CC1. The Balaban J connectivity index is 1.97. The van der Waals surface area contributed by atoms with Crippen LogP contribution in [0.3, 0.4) is 0 Å². The number of para-hydroxylation sites is 2. The summed E-state index contributed by atoms with van der Waals surface area (Å²) in [5.74, 6) is 2.55. The fourth-order valence-electron chi connectivity index (χ4n) is 2.08. The minimum absolute atomic E-state index is 0.425. The van der Waals surface area contributed by atoms with Gasteiger partial charge in [-0.1, -0.05) is 19.1 Å². The normalized spacial score (nSPS) is 23.6. The van der Waals surface area contributed by atoms with Crippen LogP contribution in [-0.4, -0.2) is 28.4 Å². The molecule has 1 aliphatic rings. The van der Waals surface area contributed by atoms with Crippen LogP contribution in [0.1, 0.15) is 26.2 Å². The monoisotopic (exact) mass is 267 g/mol. The van der Waals surface area contributed by atoms with Crippen LogP contribution in [0.15, 0.2) is 24.3 Å². The second kappa shape index (κ2) is 6.78. The third-order valence-electron chi connectivity index (χ3n) is 3.10. The van der Waals surface area contributed by atoms with E-state index < -0.39 is 10.8 Å². The zero-order valence-electron chi connectivity index (χ0n) is 10.9. The molecule has 1 fully saturated rings. The molecule has 0 aliphatic carbocycles. The highest BCUT2D eigenvalue weighted by molar-refractivity contribution is 7.85. The van der Waals surface area contributed by atoms with Gasteiger partial charge in [0.25, 0.3) is 0 Å². The molecule has 0 aromatic heterocycles. The predicted molar refractivity (Wildman–Crippen MR) is 76.7 cm³/mol. The molecule has 4 heteroatoms. The van der Waals surface area contributed by atoms with Crippen molar-refractivity contribution in [1.29, 1.82) is 0 Å². The highest BCUT2D eigenvalue weighted by atomic mass is 32.2. The second-order valence-corrected chi connectivity index (χ2v) is 6.31. The van der Waals surface area contributed by atoms with Gasteiger partial charge in [-0.3, -0.25) is 4.21 Å². The minimum atomic E-state index is -0.600. The van der Waals surface area contributed by atoms with Crippen molar-refractivity contribution in [3.8, 4) is 5.75 Å². The largest absolute Gasteiger partial charge is 0.491 e. The predicted octanol–water partition coefficient (Wildman–Crippen LogP) is 2.80. The Morgan fingerprint density at radius 3 is 2.78 bits per heavy atom. The molecule has 0 saturated carbocycles. The quantitative estimate of drug-likeness (QED) is 0.891. The van der Waals surface area contributed by atoms with Crippen LogP contribution in [0.4, 0.5) is 5.69 Å². The number of hydrogen-bond acceptors (Lipinski definition) is 3. The first-order valence-corrected chi connectivity index (χ1v) is 8.11. The number of hydrogen-bond donors (Lipinski definition) is 1. The van der Waals surface area contributed by atoms with E-state index in [4.69, 9.17) is 4.74 Å². The minimum Gasteiger partial charge on any atom is -0.491 e. The molecule has 18 heavy (non-hydrogen) atoms. The van der Waals surface area contributed by atoms with E-state index in [2.05, 4.69) is 18.3 Å². The van der Waals surface area contributed by atoms with Gasteiger partial charge in [-0.05, 0) is 31.4 Å². The molecular formula is C14H21NO2S. The van der Waals surface area contributed by atoms with Gasteiger partial charge in [-0.2, -0.15) is 0 Å². The molecule has 0 spiro atoms. The Labute approximate surface area is 111 Å². The molecule has 1 saturated heterocycles. The molecule has 0 amide bonds. The zero-order valence-corrected chi connectivity index (χ0v) is 11.7. The maximum atomic E-state index is 11.3. The van der Waals surface area contributed by atoms with E-state index in [1.54, 1.807) is 0 Å². The highest BCUT2D eigenvalue weighted by Crippen LogP contribution is 2.26. The van der Waals surface area contributed by atoms with Gasteiger partial charge in [0, 0.05) is 28.3 Å². The lowest BCUT2D eigenvalue weighted by molar-refractivity contribution is 0.318. The highest BCUT2D eigenvalue weighted by Gasteiger charge is 2.18. The van der Waals surface area contributed by atoms with Crippen molar-refractivity contribution in [1.82, 2.24) is 0 Å². The summed E-state index contributed by atoms with van der Waals surface area (Å²) in [6.07, 6.45) is 2.97. The summed E-state index contributed by atoms with van der Waals surface area (Å²) in [5, 5.41) is 3.52. The summed E-state index contributed by atoms with van der Waals surface area (Å²) < 4.78 is 17.1. The molecule has 2 rings (SSSR count). The third kappa shape index (κ3) is 3.73. The van der Waals surface area contributed by atoms with E-state index >= 15 is 0 Å². The maximum Gasteiger partial charge on any atom is 0.142 e. The van der Waals surface area contributed by atoms with Crippen LogP contribution in [0, 0.1) is 0 Å². The fraction of sp³-hybridized carbons (Fsp3) is 0.571. The molecule has 0 bridgehead atoms. The average Bonchev–Trinajstić information content (AvgIpc) is 2.40. The fourth-order valence-corrected chi connectivity index (χ4v) is 3.38. The van der Waals surface area contributed by atoms with Crippen molar-refractivity contribution in [2.24, 2.45) is 0 Å². The van der Waals surface area contributed by atoms with Crippen molar-refractivity contribution in [3.63, 3.8) is 0 Å². The van der Waals surface area contributed by atoms with Crippen LogP contribution in [-0.2, 0) is 10.8 Å². The third-order valence-corrected chi connectivity index (χ3v) is 4.48. The first-order valence-electron chi connectivity index (χ1n) is 6.63. The van der Waals surface area contributed by atoms with Crippen molar-refractivity contribution < 1.29 is 8.95 Å². The number of benzene rings is 1. The Kier molecular flexibility index (Phi) is 5.05. The molecule has 1 aliphatic heterocycles. The van der Waals surface area contributed by atoms with Gasteiger partial charge in [0.15, 0.2) is 0 Å². The van der Waals surface area contributed by atoms with Crippen molar-refractivity contribution in [2.45, 2.75) is 32.2 Å². The van der Waals surface area contributed by atoms with Gasteiger partial charge in [-0.15, -0.1) is 0 Å². The van der Waals surface area contributed by atoms with E-state index in [0.717, 1.165) is 48.8 Å². The van der Waals surface area contributed by atoms with Gasteiger partial charge in [-0.25, -0.2) is 0 Å². The first kappa shape index (κ1) is 13.4. The molecule has 0 radical (unpaired) electrons. The van der Waals surface area contributed by atoms with Crippen LogP contribution in [0.25, 0.3) is 0 Å². The smallest absolute Gasteiger partial charge is 0.142 e. The topological polar surface area (TPSA) is 38.3 Å². The van der Waals surface area contributed by atoms with Crippen molar-refractivity contribution in [3.05, 3.63) is 24.3 Å². The summed E-state index contributed by atoms with van der Waals surface area (Å²) in [7, 11) is -0.600. The summed E-state index contributed by atoms with van der Waals surface area (Å²) >= 11 is 0. The summed E-state index contributed by atoms with van der Waals surface area (Å²) in [6.45, 7) is 2.85. The number of rotatable bonds is 5. The van der Waals surface area contributed by atoms with Gasteiger partial charge >= 0.3 is 0 Å². The lowest BCUT2D eigenvalue weighted by atomic mass is 10.1. The van der Waals surface area contributed by atoms with Crippen LogP contribution < -0.4 is 10.1 Å². The van der Waals surface area contributed by atoms with E-state index in [9.17, 15) is 4.21 Å². The zero-order chi connectivity index (χ0) is 12.8. The standard InChI is InChI=1S/C14H21NO2S/c1-2-9-17-14-6-4-3-5-13(14)15-12-7-10-18(16)11-8-12/h3-6,12,15H,2,7-11H2,1H3. The molecule has 0 atom stereocenters. The van der Waals surface area contributed by atoms with Crippen molar-refractivity contribution in [2.75, 3.05) is 23.4 Å². The maximum absolute atomic E-state index is 11.3. The first-order chi connectivity index (χ1) is 8.79. The summed E-state index contributed by atoms with van der Waals surface area (Å²) in [5.41, 5.74) is 1.06. The van der Waals surface area contributed by atoms with E-state index in [-0.39, 0.29) is 0 Å². The van der Waals surface area contributed by atoms with Gasteiger partial charge in [0.1, 0.15) is 5.75 Å². The van der Waals surface area contributed by atoms with E-state index in [1.807, 2.05) is 18.2 Å². The number of ether oxygens (including phenoxy) is 1.